The molecular weight excluding hydrogens is 573 g/mol. The van der Waals surface area contributed by atoms with Gasteiger partial charge in [0.05, 0.1) is 35.1 Å². The molecule has 1 aliphatic heterocycles. The molecule has 0 aliphatic carbocycles. The molecule has 5 aromatic rings. The van der Waals surface area contributed by atoms with E-state index in [1.807, 2.05) is 43.4 Å². The zero-order valence-corrected chi connectivity index (χ0v) is 24.2. The van der Waals surface area contributed by atoms with Crippen molar-refractivity contribution in [2.45, 2.75) is 25.6 Å². The fourth-order valence-electron chi connectivity index (χ4n) is 5.66. The topological polar surface area (TPSA) is 84.0 Å². The summed E-state index contributed by atoms with van der Waals surface area (Å²) in [5.41, 5.74) is 0.641. The van der Waals surface area contributed by atoms with Gasteiger partial charge in [-0.1, -0.05) is 55.5 Å². The minimum atomic E-state index is -5.08. The number of aromatic hydroxyl groups is 1. The minimum absolute atomic E-state index is 0.0691. The van der Waals surface area contributed by atoms with Crippen molar-refractivity contribution in [1.82, 2.24) is 19.6 Å². The van der Waals surface area contributed by atoms with Gasteiger partial charge < -0.3 is 19.2 Å². The molecule has 1 unspecified atom stereocenters. The Balaban J connectivity index is 1.57. The molecule has 0 bridgehead atoms. The number of aromatic nitrogens is 2. The van der Waals surface area contributed by atoms with Crippen molar-refractivity contribution < 1.29 is 27.4 Å². The largest absolute Gasteiger partial charge is 0.507 e. The van der Waals surface area contributed by atoms with Gasteiger partial charge in [-0.2, -0.15) is 18.3 Å². The third-order valence-corrected chi connectivity index (χ3v) is 7.96. The van der Waals surface area contributed by atoms with Crippen LogP contribution in [0.25, 0.3) is 16.7 Å². The maximum Gasteiger partial charge on any atom is 0.453 e. The van der Waals surface area contributed by atoms with Crippen LogP contribution in [0.5, 0.6) is 17.2 Å². The Labute approximate surface area is 251 Å². The maximum atomic E-state index is 14.6. The number of ether oxygens (including phenoxy) is 1. The molecule has 2 aromatic heterocycles. The SMILES string of the molecule is CCc1cc2c(=O)c(Oc3cnn(-c4ccccc4)c3)c(C(F)(F)F)oc2c(C(c2ccccc2)N2CCN(C)CC2)c1O. The normalized spacial score (nSPS) is 15.5. The number of phenols is 1. The average Bonchev–Trinajstić information content (AvgIpc) is 3.49. The van der Waals surface area contributed by atoms with Gasteiger partial charge in [-0.3, -0.25) is 9.69 Å². The second-order valence-corrected chi connectivity index (χ2v) is 10.8. The van der Waals surface area contributed by atoms with Crippen molar-refractivity contribution in [3.63, 3.8) is 0 Å². The summed E-state index contributed by atoms with van der Waals surface area (Å²) < 4.78 is 56.5. The Morgan fingerprint density at radius 1 is 1.02 bits per heavy atom. The average molecular weight is 605 g/mol. The quantitative estimate of drug-likeness (QED) is 0.230. The summed E-state index contributed by atoms with van der Waals surface area (Å²) in [5.74, 6) is -2.84. The number of phenolic OH excluding ortho intramolecular Hbond substituents is 1. The summed E-state index contributed by atoms with van der Waals surface area (Å²) in [6, 6.07) is 18.9. The van der Waals surface area contributed by atoms with E-state index in [1.54, 1.807) is 31.2 Å². The van der Waals surface area contributed by atoms with Crippen LogP contribution in [-0.2, 0) is 12.6 Å². The third kappa shape index (κ3) is 5.56. The Morgan fingerprint density at radius 2 is 1.68 bits per heavy atom. The molecule has 1 aliphatic rings. The van der Waals surface area contributed by atoms with E-state index in [-0.39, 0.29) is 28.0 Å². The molecule has 1 atom stereocenters. The predicted molar refractivity (Wildman–Crippen MR) is 160 cm³/mol. The van der Waals surface area contributed by atoms with Crippen LogP contribution in [0.1, 0.15) is 35.4 Å². The molecule has 0 amide bonds. The van der Waals surface area contributed by atoms with Gasteiger partial charge in [0.15, 0.2) is 5.75 Å². The number of para-hydroxylation sites is 1. The smallest absolute Gasteiger partial charge is 0.453 e. The monoisotopic (exact) mass is 604 g/mol. The van der Waals surface area contributed by atoms with E-state index in [4.69, 9.17) is 9.15 Å². The van der Waals surface area contributed by atoms with Crippen molar-refractivity contribution in [2.24, 2.45) is 0 Å². The Kier molecular flexibility index (Phi) is 7.91. The molecule has 0 saturated carbocycles. The molecule has 0 spiro atoms. The first-order valence-electron chi connectivity index (χ1n) is 14.3. The Morgan fingerprint density at radius 3 is 2.32 bits per heavy atom. The van der Waals surface area contributed by atoms with E-state index in [0.717, 1.165) is 18.7 Å². The first-order valence-corrected chi connectivity index (χ1v) is 14.3. The maximum absolute atomic E-state index is 14.6. The van der Waals surface area contributed by atoms with E-state index in [9.17, 15) is 23.1 Å². The van der Waals surface area contributed by atoms with Crippen LogP contribution in [0.3, 0.4) is 0 Å². The van der Waals surface area contributed by atoms with Crippen molar-refractivity contribution >= 4 is 11.0 Å². The van der Waals surface area contributed by atoms with Crippen LogP contribution in [-0.4, -0.2) is 57.9 Å². The molecule has 3 heterocycles. The van der Waals surface area contributed by atoms with Crippen LogP contribution >= 0.6 is 0 Å². The van der Waals surface area contributed by atoms with Crippen LogP contribution in [0.2, 0.25) is 0 Å². The number of hydrogen-bond acceptors (Lipinski definition) is 7. The molecule has 44 heavy (non-hydrogen) atoms. The third-order valence-electron chi connectivity index (χ3n) is 7.96. The summed E-state index contributed by atoms with van der Waals surface area (Å²) in [6.45, 7) is 4.44. The number of nitrogens with zero attached hydrogens (tertiary/aromatic N) is 4. The fourth-order valence-corrected chi connectivity index (χ4v) is 5.66. The lowest BCUT2D eigenvalue weighted by molar-refractivity contribution is -0.154. The summed E-state index contributed by atoms with van der Waals surface area (Å²) >= 11 is 0. The standard InChI is InChI=1S/C33H31F3N4O4/c1-3-21-18-25-29(42)31(43-24-19-37-40(20-24)23-12-8-5-9-13-23)32(33(34,35)36)44-30(25)26(28(21)41)27(22-10-6-4-7-11-22)39-16-14-38(2)15-17-39/h4-13,18-20,27,41H,3,14-17H2,1-2H3. The van der Waals surface area contributed by atoms with E-state index in [0.29, 0.717) is 30.8 Å². The molecule has 6 rings (SSSR count). The van der Waals surface area contributed by atoms with Gasteiger partial charge in [0.1, 0.15) is 11.3 Å². The van der Waals surface area contributed by atoms with Crippen LogP contribution < -0.4 is 10.2 Å². The Hall–Kier alpha value is -4.61. The van der Waals surface area contributed by atoms with Gasteiger partial charge in [-0.05, 0) is 42.8 Å². The number of piperazine rings is 1. The number of fused-ring (bicyclic) bond motifs is 1. The number of benzene rings is 3. The number of aryl methyl sites for hydroxylation is 1. The van der Waals surface area contributed by atoms with Gasteiger partial charge in [-0.15, -0.1) is 0 Å². The highest BCUT2D eigenvalue weighted by Crippen LogP contribution is 2.45. The predicted octanol–water partition coefficient (Wildman–Crippen LogP) is 6.39. The van der Waals surface area contributed by atoms with Crippen LogP contribution in [0, 0.1) is 0 Å². The second kappa shape index (κ2) is 11.8. The molecule has 11 heteroatoms. The van der Waals surface area contributed by atoms with Crippen molar-refractivity contribution in [3.05, 3.63) is 112 Å². The fraction of sp³-hybridized carbons (Fsp3) is 0.273. The molecule has 1 N–H and O–H groups in total. The van der Waals surface area contributed by atoms with Crippen LogP contribution in [0.4, 0.5) is 13.2 Å². The highest BCUT2D eigenvalue weighted by atomic mass is 19.4. The van der Waals surface area contributed by atoms with Gasteiger partial charge in [0.25, 0.3) is 5.76 Å². The molecule has 0 radical (unpaired) electrons. The number of hydrogen-bond donors (Lipinski definition) is 1. The number of alkyl halides is 3. The first-order chi connectivity index (χ1) is 21.2. The van der Waals surface area contributed by atoms with E-state index < -0.39 is 29.2 Å². The summed E-state index contributed by atoms with van der Waals surface area (Å²) in [5, 5.41) is 15.6. The van der Waals surface area contributed by atoms with Gasteiger partial charge in [-0.25, -0.2) is 4.68 Å². The minimum Gasteiger partial charge on any atom is -0.507 e. The van der Waals surface area contributed by atoms with Gasteiger partial charge >= 0.3 is 6.18 Å². The van der Waals surface area contributed by atoms with Gasteiger partial charge in [0, 0.05) is 26.2 Å². The number of likely N-dealkylation sites (N-methyl/N-ethyl adjacent to an activating group) is 1. The summed E-state index contributed by atoms with van der Waals surface area (Å²) in [4.78, 5) is 18.2. The number of halogens is 3. The van der Waals surface area contributed by atoms with E-state index in [1.165, 1.54) is 23.1 Å². The zero-order valence-electron chi connectivity index (χ0n) is 24.2. The highest BCUT2D eigenvalue weighted by molar-refractivity contribution is 5.86. The molecule has 3 aromatic carbocycles. The first kappa shape index (κ1) is 29.5. The van der Waals surface area contributed by atoms with Crippen molar-refractivity contribution in [1.29, 1.82) is 0 Å². The molecule has 228 valence electrons. The van der Waals surface area contributed by atoms with Gasteiger partial charge in [0.2, 0.25) is 11.2 Å². The molecule has 1 saturated heterocycles. The van der Waals surface area contributed by atoms with Crippen LogP contribution in [0.15, 0.2) is 88.3 Å². The lowest BCUT2D eigenvalue weighted by Gasteiger charge is -2.39. The highest BCUT2D eigenvalue weighted by Gasteiger charge is 2.42. The lowest BCUT2D eigenvalue weighted by Crippen LogP contribution is -2.46. The number of rotatable bonds is 7. The summed E-state index contributed by atoms with van der Waals surface area (Å²) in [7, 11) is 2.00. The van der Waals surface area contributed by atoms with E-state index >= 15 is 0 Å². The van der Waals surface area contributed by atoms with E-state index in [2.05, 4.69) is 14.9 Å². The zero-order chi connectivity index (χ0) is 31.0. The Bertz CT molecular complexity index is 1830. The lowest BCUT2D eigenvalue weighted by atomic mass is 9.91. The summed E-state index contributed by atoms with van der Waals surface area (Å²) in [6.07, 6.45) is -2.13. The molecular formula is C33H31F3N4O4. The van der Waals surface area contributed by atoms with Crippen molar-refractivity contribution in [2.75, 3.05) is 33.2 Å². The molecule has 1 fully saturated rings. The molecule has 8 nitrogen and oxygen atoms in total. The van der Waals surface area contributed by atoms with Crippen molar-refractivity contribution in [3.8, 4) is 22.9 Å². The second-order valence-electron chi connectivity index (χ2n) is 10.8.